The van der Waals surface area contributed by atoms with Crippen LogP contribution in [0.1, 0.15) is 18.1 Å². The second kappa shape index (κ2) is 8.04. The Bertz CT molecular complexity index is 813. The predicted molar refractivity (Wildman–Crippen MR) is 108 cm³/mol. The second-order valence-corrected chi connectivity index (χ2v) is 7.43. The maximum absolute atomic E-state index is 9.87. The van der Waals surface area contributed by atoms with E-state index in [9.17, 15) is 10.2 Å². The maximum Gasteiger partial charge on any atom is 0.119 e. The molecular weight excluding hydrogens is 338 g/mol. The van der Waals surface area contributed by atoms with E-state index in [1.54, 1.807) is 24.3 Å². The minimum absolute atomic E-state index is 0.181. The SMILES string of the molecule is C=C(Nc1cccc(O)c1)/C(=C/c1ccc(C)c(O)c1)SC(C)=S. The van der Waals surface area contributed by atoms with E-state index in [-0.39, 0.29) is 11.5 Å². The molecule has 0 saturated heterocycles. The maximum atomic E-state index is 9.87. The van der Waals surface area contributed by atoms with Crippen LogP contribution in [0.25, 0.3) is 6.08 Å². The molecule has 0 saturated carbocycles. The molecule has 0 spiro atoms. The van der Waals surface area contributed by atoms with Gasteiger partial charge in [-0.3, -0.25) is 0 Å². The molecule has 0 atom stereocenters. The van der Waals surface area contributed by atoms with Gasteiger partial charge in [0.2, 0.25) is 0 Å². The molecule has 0 bridgehead atoms. The number of phenolic OH excluding ortho intramolecular Hbond substituents is 2. The third-order valence-corrected chi connectivity index (χ3v) is 4.35. The lowest BCUT2D eigenvalue weighted by Gasteiger charge is -2.13. The monoisotopic (exact) mass is 357 g/mol. The average molecular weight is 358 g/mol. The molecule has 3 nitrogen and oxygen atoms in total. The van der Waals surface area contributed by atoms with Gasteiger partial charge >= 0.3 is 0 Å². The summed E-state index contributed by atoms with van der Waals surface area (Å²) in [4.78, 5) is 0.842. The molecule has 2 rings (SSSR count). The fourth-order valence-corrected chi connectivity index (χ4v) is 2.97. The predicted octanol–water partition coefficient (Wildman–Crippen LogP) is 5.45. The van der Waals surface area contributed by atoms with Crippen LogP contribution in [0, 0.1) is 6.92 Å². The quantitative estimate of drug-likeness (QED) is 0.490. The van der Waals surface area contributed by atoms with Crippen LogP contribution in [0.2, 0.25) is 0 Å². The fourth-order valence-electron chi connectivity index (χ4n) is 2.02. The molecule has 2 aromatic rings. The van der Waals surface area contributed by atoms with Crippen LogP contribution in [-0.2, 0) is 0 Å². The summed E-state index contributed by atoms with van der Waals surface area (Å²) < 4.78 is 0.761. The summed E-state index contributed by atoms with van der Waals surface area (Å²) >= 11 is 6.63. The van der Waals surface area contributed by atoms with Gasteiger partial charge in [-0.25, -0.2) is 0 Å². The summed E-state index contributed by atoms with van der Waals surface area (Å²) in [7, 11) is 0. The van der Waals surface area contributed by atoms with Crippen molar-refractivity contribution in [3.8, 4) is 11.5 Å². The highest BCUT2D eigenvalue weighted by molar-refractivity contribution is 8.25. The minimum Gasteiger partial charge on any atom is -0.508 e. The fraction of sp³-hybridized carbons (Fsp3) is 0.105. The van der Waals surface area contributed by atoms with Gasteiger partial charge in [-0.05, 0) is 49.2 Å². The number of phenols is 2. The standard InChI is InChI=1S/C19H19NO2S2/c1-12-7-8-15(9-18(12)22)10-19(24-14(3)23)13(2)20-16-5-4-6-17(21)11-16/h4-11,20-22H,2H2,1,3H3/b19-10-. The van der Waals surface area contributed by atoms with E-state index in [1.807, 2.05) is 38.1 Å². The third-order valence-electron chi connectivity index (χ3n) is 3.22. The zero-order valence-corrected chi connectivity index (χ0v) is 15.2. The van der Waals surface area contributed by atoms with Crippen LogP contribution in [0.5, 0.6) is 11.5 Å². The Morgan fingerprint density at radius 2 is 1.96 bits per heavy atom. The molecule has 0 aromatic heterocycles. The molecule has 24 heavy (non-hydrogen) atoms. The van der Waals surface area contributed by atoms with Crippen molar-refractivity contribution in [3.05, 3.63) is 70.8 Å². The second-order valence-electron chi connectivity index (χ2n) is 5.30. The lowest BCUT2D eigenvalue weighted by molar-refractivity contribution is 0.471. The van der Waals surface area contributed by atoms with Gasteiger partial charge in [0.15, 0.2) is 0 Å². The first-order chi connectivity index (χ1) is 11.3. The number of aromatic hydroxyl groups is 2. The third kappa shape index (κ3) is 5.15. The molecule has 0 aliphatic rings. The average Bonchev–Trinajstić information content (AvgIpc) is 2.50. The first-order valence-corrected chi connectivity index (χ1v) is 8.52. The summed E-state index contributed by atoms with van der Waals surface area (Å²) in [5, 5.41) is 22.6. The number of nitrogens with one attached hydrogen (secondary N) is 1. The van der Waals surface area contributed by atoms with Crippen molar-refractivity contribution < 1.29 is 10.2 Å². The van der Waals surface area contributed by atoms with E-state index in [2.05, 4.69) is 11.9 Å². The van der Waals surface area contributed by atoms with Crippen molar-refractivity contribution in [1.29, 1.82) is 0 Å². The van der Waals surface area contributed by atoms with Crippen molar-refractivity contribution in [2.45, 2.75) is 13.8 Å². The zero-order valence-electron chi connectivity index (χ0n) is 13.5. The number of aryl methyl sites for hydroxylation is 1. The highest BCUT2D eigenvalue weighted by Crippen LogP contribution is 2.30. The Hall–Kier alpha value is -2.24. The van der Waals surface area contributed by atoms with Gasteiger partial charge in [0.25, 0.3) is 0 Å². The Labute approximate surface area is 151 Å². The van der Waals surface area contributed by atoms with Gasteiger partial charge in [0.1, 0.15) is 11.5 Å². The van der Waals surface area contributed by atoms with Crippen LogP contribution in [-0.4, -0.2) is 14.4 Å². The van der Waals surface area contributed by atoms with Gasteiger partial charge in [0.05, 0.1) is 0 Å². The first-order valence-electron chi connectivity index (χ1n) is 7.30. The van der Waals surface area contributed by atoms with Crippen LogP contribution in [0.15, 0.2) is 59.6 Å². The van der Waals surface area contributed by atoms with Gasteiger partial charge in [-0.1, -0.05) is 48.8 Å². The van der Waals surface area contributed by atoms with Crippen molar-refractivity contribution in [1.82, 2.24) is 0 Å². The van der Waals surface area contributed by atoms with E-state index in [1.165, 1.54) is 11.8 Å². The number of anilines is 1. The first kappa shape index (κ1) is 18.1. The topological polar surface area (TPSA) is 52.5 Å². The Morgan fingerprint density at radius 3 is 2.58 bits per heavy atom. The minimum atomic E-state index is 0.181. The number of hydrogen-bond acceptors (Lipinski definition) is 5. The highest BCUT2D eigenvalue weighted by atomic mass is 32.2. The molecule has 0 amide bonds. The number of thiocarbonyl (C=S) groups is 1. The van der Waals surface area contributed by atoms with E-state index in [0.717, 1.165) is 25.9 Å². The van der Waals surface area contributed by atoms with Gasteiger partial charge in [-0.2, -0.15) is 0 Å². The molecule has 0 unspecified atom stereocenters. The van der Waals surface area contributed by atoms with E-state index in [0.29, 0.717) is 5.70 Å². The van der Waals surface area contributed by atoms with E-state index >= 15 is 0 Å². The number of rotatable bonds is 5. The van der Waals surface area contributed by atoms with E-state index in [4.69, 9.17) is 12.2 Å². The van der Waals surface area contributed by atoms with Crippen LogP contribution in [0.3, 0.4) is 0 Å². The summed E-state index contributed by atoms with van der Waals surface area (Å²) in [5.41, 5.74) is 3.08. The largest absolute Gasteiger partial charge is 0.508 e. The molecule has 124 valence electrons. The summed E-state index contributed by atoms with van der Waals surface area (Å²) in [5.74, 6) is 0.430. The Morgan fingerprint density at radius 1 is 1.21 bits per heavy atom. The molecule has 0 fully saturated rings. The number of hydrogen-bond donors (Lipinski definition) is 3. The van der Waals surface area contributed by atoms with Crippen molar-refractivity contribution in [2.24, 2.45) is 0 Å². The van der Waals surface area contributed by atoms with Crippen LogP contribution < -0.4 is 5.32 Å². The summed E-state index contributed by atoms with van der Waals surface area (Å²) in [6, 6.07) is 12.3. The van der Waals surface area contributed by atoms with Gasteiger partial charge in [0, 0.05) is 26.6 Å². The molecule has 0 aliphatic heterocycles. The summed E-state index contributed by atoms with van der Waals surface area (Å²) in [6.07, 6.45) is 1.91. The van der Waals surface area contributed by atoms with Crippen LogP contribution in [0.4, 0.5) is 5.69 Å². The summed E-state index contributed by atoms with van der Waals surface area (Å²) in [6.45, 7) is 7.76. The molecule has 0 radical (unpaired) electrons. The lowest BCUT2D eigenvalue weighted by atomic mass is 10.1. The Kier molecular flexibility index (Phi) is 6.06. The molecule has 5 heteroatoms. The Balaban J connectivity index is 2.29. The van der Waals surface area contributed by atoms with Crippen molar-refractivity contribution in [2.75, 3.05) is 5.32 Å². The smallest absolute Gasteiger partial charge is 0.119 e. The molecule has 3 N–H and O–H groups in total. The number of benzene rings is 2. The van der Waals surface area contributed by atoms with Gasteiger partial charge in [-0.15, -0.1) is 0 Å². The zero-order chi connectivity index (χ0) is 17.7. The lowest BCUT2D eigenvalue weighted by Crippen LogP contribution is -2.00. The highest BCUT2D eigenvalue weighted by Gasteiger charge is 2.08. The molecular formula is C19H19NO2S2. The van der Waals surface area contributed by atoms with Crippen molar-refractivity contribution >= 4 is 39.9 Å². The van der Waals surface area contributed by atoms with Crippen molar-refractivity contribution in [3.63, 3.8) is 0 Å². The number of thioether (sulfide) groups is 1. The van der Waals surface area contributed by atoms with Gasteiger partial charge < -0.3 is 15.5 Å². The molecule has 0 heterocycles. The molecule has 0 aliphatic carbocycles. The molecule has 2 aromatic carbocycles. The normalized spacial score (nSPS) is 11.2. The van der Waals surface area contributed by atoms with E-state index < -0.39 is 0 Å². The van der Waals surface area contributed by atoms with Crippen LogP contribution >= 0.6 is 24.0 Å².